The molecule has 0 bridgehead atoms. The Morgan fingerprint density at radius 1 is 0.833 bits per heavy atom. The Kier molecular flexibility index (Phi) is 18.3. The summed E-state index contributed by atoms with van der Waals surface area (Å²) >= 11 is 0. The van der Waals surface area contributed by atoms with Gasteiger partial charge < -0.3 is 14.2 Å². The molecule has 0 aliphatic carbocycles. The van der Waals surface area contributed by atoms with Gasteiger partial charge >= 0.3 is 12.1 Å². The summed E-state index contributed by atoms with van der Waals surface area (Å²) in [7, 11) is 0. The molecule has 0 saturated heterocycles. The molecule has 208 valence electrons. The van der Waals surface area contributed by atoms with Gasteiger partial charge in [-0.25, -0.2) is 4.79 Å². The number of esters is 1. The fourth-order valence-corrected chi connectivity index (χ4v) is 4.01. The average molecular weight is 518 g/mol. The number of aromatic nitrogens is 1. The zero-order chi connectivity index (χ0) is 26.5. The lowest BCUT2D eigenvalue weighted by Crippen LogP contribution is -2.35. The lowest BCUT2D eigenvalue weighted by atomic mass is 10.0. The molecule has 36 heavy (non-hydrogen) atoms. The summed E-state index contributed by atoms with van der Waals surface area (Å²) in [6, 6.07) is 3.31. The highest BCUT2D eigenvalue weighted by atomic mass is 19.4. The van der Waals surface area contributed by atoms with Crippen molar-refractivity contribution in [2.45, 2.75) is 122 Å². The number of hydrogen-bond acceptors (Lipinski definition) is 5. The van der Waals surface area contributed by atoms with Crippen molar-refractivity contribution in [2.75, 3.05) is 19.8 Å². The molecule has 0 aliphatic heterocycles. The van der Waals surface area contributed by atoms with Crippen LogP contribution in [0.3, 0.4) is 0 Å². The minimum atomic E-state index is -4.37. The van der Waals surface area contributed by atoms with Crippen molar-refractivity contribution in [3.05, 3.63) is 30.1 Å². The molecule has 1 aromatic heterocycles. The highest BCUT2D eigenvalue weighted by molar-refractivity contribution is 5.88. The van der Waals surface area contributed by atoms with E-state index in [4.69, 9.17) is 14.2 Å². The van der Waals surface area contributed by atoms with Gasteiger partial charge in [0.1, 0.15) is 6.61 Å². The van der Waals surface area contributed by atoms with Crippen LogP contribution in [0.15, 0.2) is 24.5 Å². The quantitative estimate of drug-likeness (QED) is 0.115. The first kappa shape index (κ1) is 32.4. The van der Waals surface area contributed by atoms with Crippen molar-refractivity contribution in [3.8, 4) is 0 Å². The van der Waals surface area contributed by atoms with Gasteiger partial charge in [-0.3, -0.25) is 4.98 Å². The molecule has 0 N–H and O–H groups in total. The second-order valence-electron chi connectivity index (χ2n) is 9.36. The maximum absolute atomic E-state index is 12.9. The van der Waals surface area contributed by atoms with Crippen LogP contribution >= 0.6 is 0 Å². The number of unbranched alkanes of at least 4 members (excludes halogenated alkanes) is 9. The lowest BCUT2D eigenvalue weighted by molar-refractivity contribution is -0.200. The Hall–Kier alpha value is -1.67. The van der Waals surface area contributed by atoms with Crippen molar-refractivity contribution in [1.29, 1.82) is 0 Å². The van der Waals surface area contributed by atoms with Crippen molar-refractivity contribution in [3.63, 3.8) is 0 Å². The molecule has 0 radical (unpaired) electrons. The van der Waals surface area contributed by atoms with Gasteiger partial charge in [-0.15, -0.1) is 0 Å². The van der Waals surface area contributed by atoms with Crippen molar-refractivity contribution in [1.82, 2.24) is 4.98 Å². The number of hydrogen-bond donors (Lipinski definition) is 0. The van der Waals surface area contributed by atoms with Crippen LogP contribution in [0.5, 0.6) is 0 Å². The van der Waals surface area contributed by atoms with Gasteiger partial charge in [0.15, 0.2) is 0 Å². The number of ether oxygens (including phenoxy) is 3. The minimum Gasteiger partial charge on any atom is -0.462 e. The standard InChI is InChI=1S/C28H46F3NO4/c1-3-5-7-8-9-10-11-13-20-34-25(26(17-6-4-2)36-23-28(29,30)31)18-12-14-21-35-27(33)24-16-15-19-32-22-24/h15-16,19,22,25-26H,3-14,17-18,20-21,23H2,1-2H3. The summed E-state index contributed by atoms with van der Waals surface area (Å²) in [6.07, 6.45) is 11.1. The van der Waals surface area contributed by atoms with Crippen LogP contribution in [-0.2, 0) is 14.2 Å². The van der Waals surface area contributed by atoms with E-state index in [1.165, 1.54) is 38.3 Å². The number of rotatable bonds is 22. The highest BCUT2D eigenvalue weighted by Gasteiger charge is 2.32. The zero-order valence-electron chi connectivity index (χ0n) is 22.2. The predicted octanol–water partition coefficient (Wildman–Crippen LogP) is 8.07. The van der Waals surface area contributed by atoms with Crippen LogP contribution in [-0.4, -0.2) is 49.2 Å². The largest absolute Gasteiger partial charge is 0.462 e. The fraction of sp³-hybridized carbons (Fsp3) is 0.786. The van der Waals surface area contributed by atoms with Gasteiger partial charge in [0.05, 0.1) is 24.4 Å². The van der Waals surface area contributed by atoms with Crippen LogP contribution in [0.4, 0.5) is 13.2 Å². The molecular formula is C28H46F3NO4. The maximum Gasteiger partial charge on any atom is 0.411 e. The first-order valence-electron chi connectivity index (χ1n) is 13.7. The molecule has 1 heterocycles. The van der Waals surface area contributed by atoms with Gasteiger partial charge in [-0.2, -0.15) is 13.2 Å². The molecule has 0 spiro atoms. The Morgan fingerprint density at radius 3 is 2.08 bits per heavy atom. The Morgan fingerprint density at radius 2 is 1.44 bits per heavy atom. The fourth-order valence-electron chi connectivity index (χ4n) is 4.01. The molecule has 0 aliphatic rings. The normalized spacial score (nSPS) is 13.5. The summed E-state index contributed by atoms with van der Waals surface area (Å²) in [5.41, 5.74) is 0.393. The molecule has 2 atom stereocenters. The third kappa shape index (κ3) is 16.9. The summed E-state index contributed by atoms with van der Waals surface area (Å²) in [5, 5.41) is 0. The summed E-state index contributed by atoms with van der Waals surface area (Å²) in [5.74, 6) is -0.431. The van der Waals surface area contributed by atoms with E-state index in [2.05, 4.69) is 11.9 Å². The van der Waals surface area contributed by atoms with E-state index in [1.807, 2.05) is 6.92 Å². The first-order valence-corrected chi connectivity index (χ1v) is 13.7. The number of carbonyl (C=O) groups is 1. The van der Waals surface area contributed by atoms with E-state index in [0.29, 0.717) is 37.9 Å². The monoisotopic (exact) mass is 517 g/mol. The molecule has 1 rings (SSSR count). The van der Waals surface area contributed by atoms with Crippen LogP contribution < -0.4 is 0 Å². The highest BCUT2D eigenvalue weighted by Crippen LogP contribution is 2.23. The van der Waals surface area contributed by atoms with Crippen LogP contribution in [0.2, 0.25) is 0 Å². The smallest absolute Gasteiger partial charge is 0.411 e. The Labute approximate surface area is 215 Å². The minimum absolute atomic E-state index is 0.238. The number of halogens is 3. The van der Waals surface area contributed by atoms with E-state index >= 15 is 0 Å². The van der Waals surface area contributed by atoms with Gasteiger partial charge in [0, 0.05) is 19.0 Å². The van der Waals surface area contributed by atoms with Gasteiger partial charge in [0.25, 0.3) is 0 Å². The third-order valence-corrected chi connectivity index (χ3v) is 6.06. The molecule has 5 nitrogen and oxygen atoms in total. The predicted molar refractivity (Wildman–Crippen MR) is 136 cm³/mol. The van der Waals surface area contributed by atoms with Crippen molar-refractivity contribution < 1.29 is 32.2 Å². The maximum atomic E-state index is 12.9. The molecule has 0 saturated carbocycles. The average Bonchev–Trinajstić information content (AvgIpc) is 2.86. The van der Waals surface area contributed by atoms with E-state index in [0.717, 1.165) is 32.1 Å². The molecule has 2 unspecified atom stereocenters. The summed E-state index contributed by atoms with van der Waals surface area (Å²) < 4.78 is 55.3. The van der Waals surface area contributed by atoms with Crippen molar-refractivity contribution in [2.24, 2.45) is 0 Å². The van der Waals surface area contributed by atoms with Crippen LogP contribution in [0.25, 0.3) is 0 Å². The second-order valence-corrected chi connectivity index (χ2v) is 9.36. The van der Waals surface area contributed by atoms with E-state index < -0.39 is 31.0 Å². The van der Waals surface area contributed by atoms with Crippen LogP contribution in [0, 0.1) is 0 Å². The van der Waals surface area contributed by atoms with Gasteiger partial charge in [0.2, 0.25) is 0 Å². The molecule has 0 fully saturated rings. The summed E-state index contributed by atoms with van der Waals surface area (Å²) in [6.45, 7) is 3.71. The van der Waals surface area contributed by atoms with E-state index in [-0.39, 0.29) is 6.61 Å². The SMILES string of the molecule is CCCCCCCCCCOC(CCCCOC(=O)c1cccnc1)C(CCCC)OCC(F)(F)F. The number of carbonyl (C=O) groups excluding carboxylic acids is 1. The summed E-state index contributed by atoms with van der Waals surface area (Å²) in [4.78, 5) is 15.9. The second kappa shape index (κ2) is 20.4. The van der Waals surface area contributed by atoms with Gasteiger partial charge in [-0.05, 0) is 44.2 Å². The topological polar surface area (TPSA) is 57.7 Å². The first-order chi connectivity index (χ1) is 17.4. The molecule has 0 amide bonds. The number of alkyl halides is 3. The number of nitrogens with zero attached hydrogens (tertiary/aromatic N) is 1. The zero-order valence-corrected chi connectivity index (χ0v) is 22.2. The Balaban J connectivity index is 2.49. The number of pyridine rings is 1. The molecule has 1 aromatic rings. The van der Waals surface area contributed by atoms with E-state index in [1.54, 1.807) is 18.3 Å². The van der Waals surface area contributed by atoms with Gasteiger partial charge in [-0.1, -0.05) is 71.6 Å². The van der Waals surface area contributed by atoms with Crippen LogP contribution in [0.1, 0.15) is 114 Å². The lowest BCUT2D eigenvalue weighted by Gasteiger charge is -2.28. The van der Waals surface area contributed by atoms with Crippen molar-refractivity contribution >= 4 is 5.97 Å². The molecular weight excluding hydrogens is 471 g/mol. The molecule has 0 aromatic carbocycles. The van der Waals surface area contributed by atoms with E-state index in [9.17, 15) is 18.0 Å². The Bertz CT molecular complexity index is 658. The third-order valence-electron chi connectivity index (χ3n) is 6.06. The molecule has 8 heteroatoms.